The minimum atomic E-state index is -0.197. The normalized spacial score (nSPS) is 11.0. The second kappa shape index (κ2) is 11.4. The van der Waals surface area contributed by atoms with Crippen LogP contribution in [0.2, 0.25) is 4.34 Å². The largest absolute Gasteiger partial charge is 0.385 e. The monoisotopic (exact) mass is 510 g/mol. The molecule has 0 aliphatic heterocycles. The van der Waals surface area contributed by atoms with Crippen LogP contribution in [0.25, 0.3) is 11.4 Å². The predicted molar refractivity (Wildman–Crippen MR) is 134 cm³/mol. The van der Waals surface area contributed by atoms with E-state index < -0.39 is 0 Å². The number of carbonyl (C=O) groups excluding carboxylic acids is 2. The Balaban J connectivity index is 1.60. The van der Waals surface area contributed by atoms with Crippen molar-refractivity contribution >= 4 is 34.5 Å². The summed E-state index contributed by atoms with van der Waals surface area (Å²) in [6.07, 6.45) is 4.90. The van der Waals surface area contributed by atoms with Gasteiger partial charge in [0.25, 0.3) is 5.56 Å². The molecule has 0 fully saturated rings. The van der Waals surface area contributed by atoms with Crippen molar-refractivity contribution in [3.05, 3.63) is 91.7 Å². The number of pyridine rings is 1. The Labute approximate surface area is 210 Å². The minimum absolute atomic E-state index is 0.0110. The zero-order valence-electron chi connectivity index (χ0n) is 19.0. The van der Waals surface area contributed by atoms with E-state index in [2.05, 4.69) is 10.3 Å². The lowest BCUT2D eigenvalue weighted by molar-refractivity contribution is 0.0961. The number of aromatic nitrogens is 4. The van der Waals surface area contributed by atoms with Crippen molar-refractivity contribution in [2.24, 2.45) is 0 Å². The Morgan fingerprint density at radius 2 is 1.94 bits per heavy atom. The van der Waals surface area contributed by atoms with Crippen LogP contribution in [-0.4, -0.2) is 44.8 Å². The zero-order valence-corrected chi connectivity index (χ0v) is 20.6. The molecule has 0 saturated heterocycles. The first-order valence-electron chi connectivity index (χ1n) is 11.0. The highest BCUT2D eigenvalue weighted by Crippen LogP contribution is 2.24. The van der Waals surface area contributed by atoms with Gasteiger partial charge in [-0.2, -0.15) is 0 Å². The number of aryl methyl sites for hydroxylation is 1. The Hall–Kier alpha value is -3.40. The first kappa shape index (κ1) is 24.7. The third-order valence-corrected chi connectivity index (χ3v) is 6.65. The summed E-state index contributed by atoms with van der Waals surface area (Å²) in [5.41, 5.74) is 1.99. The third-order valence-electron chi connectivity index (χ3n) is 5.38. The molecule has 4 rings (SSSR count). The van der Waals surface area contributed by atoms with Crippen LogP contribution in [0.1, 0.15) is 45.0 Å². The van der Waals surface area contributed by atoms with Crippen molar-refractivity contribution in [3.8, 4) is 11.4 Å². The molecule has 0 aliphatic carbocycles. The lowest BCUT2D eigenvalue weighted by atomic mass is 10.0. The number of ether oxygens (including phenoxy) is 1. The lowest BCUT2D eigenvalue weighted by Gasteiger charge is -2.12. The predicted octanol–water partition coefficient (Wildman–Crippen LogP) is 4.56. The van der Waals surface area contributed by atoms with E-state index in [1.807, 2.05) is 0 Å². The number of Topliss-reactive ketones (excluding diaryl/α,β-unsaturated/α-hetero) is 2. The van der Waals surface area contributed by atoms with E-state index >= 15 is 0 Å². The van der Waals surface area contributed by atoms with Crippen LogP contribution in [-0.2, 0) is 11.2 Å². The Bertz CT molecular complexity index is 1410. The average Bonchev–Trinajstić information content (AvgIpc) is 3.52. The summed E-state index contributed by atoms with van der Waals surface area (Å²) in [6, 6.07) is 13.5. The Morgan fingerprint density at radius 1 is 1.09 bits per heavy atom. The van der Waals surface area contributed by atoms with E-state index in [9.17, 15) is 14.4 Å². The molecule has 0 saturated carbocycles. The van der Waals surface area contributed by atoms with Gasteiger partial charge in [-0.15, -0.1) is 16.4 Å². The van der Waals surface area contributed by atoms with E-state index in [1.54, 1.807) is 62.0 Å². The molecule has 8 nitrogen and oxygen atoms in total. The van der Waals surface area contributed by atoms with Crippen molar-refractivity contribution in [2.45, 2.75) is 25.7 Å². The van der Waals surface area contributed by atoms with Gasteiger partial charge in [-0.25, -0.2) is 4.68 Å². The highest BCUT2D eigenvalue weighted by molar-refractivity contribution is 7.18. The number of rotatable bonds is 11. The molecule has 0 spiro atoms. The van der Waals surface area contributed by atoms with Crippen molar-refractivity contribution in [1.82, 2.24) is 19.6 Å². The zero-order chi connectivity index (χ0) is 24.8. The van der Waals surface area contributed by atoms with Crippen LogP contribution in [0.15, 0.2) is 65.7 Å². The smallest absolute Gasteiger partial charge is 0.255 e. The minimum Gasteiger partial charge on any atom is -0.385 e. The summed E-state index contributed by atoms with van der Waals surface area (Å²) >= 11 is 7.17. The quantitative estimate of drug-likeness (QED) is 0.217. The summed E-state index contributed by atoms with van der Waals surface area (Å²) in [7, 11) is 1.59. The van der Waals surface area contributed by atoms with Gasteiger partial charge in [0.2, 0.25) is 0 Å². The molecule has 0 unspecified atom stereocenters. The van der Waals surface area contributed by atoms with Gasteiger partial charge in [0.15, 0.2) is 11.6 Å². The molecule has 0 N–H and O–H groups in total. The number of halogens is 1. The maximum absolute atomic E-state index is 13.1. The maximum atomic E-state index is 13.1. The summed E-state index contributed by atoms with van der Waals surface area (Å²) in [5, 5.41) is 8.38. The van der Waals surface area contributed by atoms with Gasteiger partial charge in [-0.3, -0.25) is 19.0 Å². The molecule has 0 amide bonds. The molecule has 0 aliphatic rings. The van der Waals surface area contributed by atoms with Crippen molar-refractivity contribution in [1.29, 1.82) is 0 Å². The molecular formula is C25H23ClN4O4S. The molecule has 0 atom stereocenters. The SMILES string of the molecule is COCCCC(=O)c1cc(-n2ccccc2=O)ccc1-n1cc(CCC(=O)c2ccc(Cl)s2)nn1. The molecule has 10 heteroatoms. The van der Waals surface area contributed by atoms with E-state index in [4.69, 9.17) is 16.3 Å². The lowest BCUT2D eigenvalue weighted by Crippen LogP contribution is -2.17. The molecular weight excluding hydrogens is 488 g/mol. The Morgan fingerprint density at radius 3 is 2.69 bits per heavy atom. The van der Waals surface area contributed by atoms with Crippen LogP contribution in [0.5, 0.6) is 0 Å². The highest BCUT2D eigenvalue weighted by Gasteiger charge is 2.17. The highest BCUT2D eigenvalue weighted by atomic mass is 35.5. The fourth-order valence-electron chi connectivity index (χ4n) is 3.61. The van der Waals surface area contributed by atoms with Gasteiger partial charge >= 0.3 is 0 Å². The standard InChI is InChI=1S/C25H23ClN4O4S/c1-34-14-4-5-21(31)19-15-18(29-13-3-2-6-25(29)33)8-9-20(19)30-16-17(27-28-30)7-10-22(32)23-11-12-24(26)35-23/h2-3,6,8-9,11-13,15-16H,4-5,7,10,14H2,1H3. The maximum Gasteiger partial charge on any atom is 0.255 e. The van der Waals surface area contributed by atoms with Crippen molar-refractivity contribution in [3.63, 3.8) is 0 Å². The van der Waals surface area contributed by atoms with Crippen LogP contribution in [0.3, 0.4) is 0 Å². The Kier molecular flexibility index (Phi) is 8.02. The number of benzene rings is 1. The fraction of sp³-hybridized carbons (Fsp3) is 0.240. The molecule has 4 aromatic rings. The van der Waals surface area contributed by atoms with E-state index in [0.29, 0.717) is 51.3 Å². The number of methoxy groups -OCH3 is 1. The number of nitrogens with zero attached hydrogens (tertiary/aromatic N) is 4. The summed E-state index contributed by atoms with van der Waals surface area (Å²) < 4.78 is 8.66. The van der Waals surface area contributed by atoms with Gasteiger partial charge in [0.1, 0.15) is 0 Å². The van der Waals surface area contributed by atoms with Gasteiger partial charge in [-0.05, 0) is 42.8 Å². The molecule has 3 heterocycles. The molecule has 0 radical (unpaired) electrons. The summed E-state index contributed by atoms with van der Waals surface area (Å²) in [6.45, 7) is 0.468. The van der Waals surface area contributed by atoms with Gasteiger partial charge < -0.3 is 4.74 Å². The average molecular weight is 511 g/mol. The van der Waals surface area contributed by atoms with Crippen LogP contribution < -0.4 is 5.56 Å². The summed E-state index contributed by atoms with van der Waals surface area (Å²) in [5.74, 6) is -0.104. The molecule has 3 aromatic heterocycles. The van der Waals surface area contributed by atoms with Gasteiger partial charge in [0.05, 0.1) is 26.8 Å². The van der Waals surface area contributed by atoms with Crippen LogP contribution in [0, 0.1) is 0 Å². The number of thiophene rings is 1. The van der Waals surface area contributed by atoms with Gasteiger partial charge in [0, 0.05) is 56.5 Å². The molecule has 35 heavy (non-hydrogen) atoms. The third kappa shape index (κ3) is 6.00. The van der Waals surface area contributed by atoms with E-state index in [-0.39, 0.29) is 30.0 Å². The van der Waals surface area contributed by atoms with E-state index in [0.717, 1.165) is 0 Å². The number of carbonyl (C=O) groups is 2. The van der Waals surface area contributed by atoms with Crippen LogP contribution >= 0.6 is 22.9 Å². The first-order valence-corrected chi connectivity index (χ1v) is 12.2. The fourth-order valence-corrected chi connectivity index (χ4v) is 4.62. The summed E-state index contributed by atoms with van der Waals surface area (Å²) in [4.78, 5) is 38.4. The second-order valence-corrected chi connectivity index (χ2v) is 9.53. The van der Waals surface area contributed by atoms with Crippen molar-refractivity contribution < 1.29 is 14.3 Å². The van der Waals surface area contributed by atoms with E-state index in [1.165, 1.54) is 26.7 Å². The first-order chi connectivity index (χ1) is 17.0. The van der Waals surface area contributed by atoms with Crippen molar-refractivity contribution in [2.75, 3.05) is 13.7 Å². The van der Waals surface area contributed by atoms with Gasteiger partial charge in [-0.1, -0.05) is 22.9 Å². The molecule has 0 bridgehead atoms. The van der Waals surface area contributed by atoms with Crippen LogP contribution in [0.4, 0.5) is 0 Å². The molecule has 180 valence electrons. The topological polar surface area (TPSA) is 96.1 Å². The number of ketones is 2. The number of hydrogen-bond donors (Lipinski definition) is 0. The molecule has 1 aromatic carbocycles. The second-order valence-electron chi connectivity index (χ2n) is 7.81. The number of hydrogen-bond acceptors (Lipinski definition) is 7.